The quantitative estimate of drug-likeness (QED) is 0.178. The Kier molecular flexibility index (Phi) is 6.07. The van der Waals surface area contributed by atoms with Gasteiger partial charge in [0, 0.05) is 20.8 Å². The number of methoxy groups -OCH3 is 2. The van der Waals surface area contributed by atoms with Crippen LogP contribution in [-0.4, -0.2) is 68.9 Å². The number of imide groups is 1. The molecule has 3 amide bonds. The molecule has 9 nitrogen and oxygen atoms in total. The number of hydrogen-bond acceptors (Lipinski definition) is 7. The van der Waals surface area contributed by atoms with Crippen LogP contribution in [0.15, 0.2) is 5.10 Å². The van der Waals surface area contributed by atoms with Crippen LogP contribution in [0.5, 0.6) is 0 Å². The molecule has 0 aromatic heterocycles. The Morgan fingerprint density at radius 2 is 2.00 bits per heavy atom. The summed E-state index contributed by atoms with van der Waals surface area (Å²) in [5, 5.41) is 5.77. The van der Waals surface area contributed by atoms with Crippen molar-refractivity contribution in [2.75, 3.05) is 40.5 Å². The Balaban J connectivity index is 2.81. The van der Waals surface area contributed by atoms with Crippen molar-refractivity contribution in [2.24, 2.45) is 16.9 Å². The van der Waals surface area contributed by atoms with E-state index in [1.165, 1.54) is 14.2 Å². The van der Waals surface area contributed by atoms with E-state index in [0.29, 0.717) is 6.61 Å². The minimum Gasteiger partial charge on any atom is -0.383 e. The fourth-order valence-electron chi connectivity index (χ4n) is 1.77. The van der Waals surface area contributed by atoms with Crippen LogP contribution in [0.25, 0.3) is 0 Å². The average molecular weight is 286 g/mol. The van der Waals surface area contributed by atoms with Gasteiger partial charge in [0.1, 0.15) is 5.71 Å². The molecule has 1 saturated heterocycles. The molecule has 0 saturated carbocycles. The number of carbonyl (C=O) groups excluding carboxylic acids is 3. The van der Waals surface area contributed by atoms with Crippen molar-refractivity contribution in [3.63, 3.8) is 0 Å². The first kappa shape index (κ1) is 16.1. The van der Waals surface area contributed by atoms with E-state index in [4.69, 9.17) is 15.3 Å². The number of rotatable bonds is 7. The van der Waals surface area contributed by atoms with Crippen molar-refractivity contribution in [1.82, 2.24) is 10.2 Å². The fraction of sp³-hybridized carbons (Fsp3) is 0.636. The molecule has 0 aromatic carbocycles. The fourth-order valence-corrected chi connectivity index (χ4v) is 1.77. The summed E-state index contributed by atoms with van der Waals surface area (Å²) in [6.45, 7) is 0.745. The van der Waals surface area contributed by atoms with Crippen LogP contribution in [0.2, 0.25) is 0 Å². The highest BCUT2D eigenvalue weighted by Crippen LogP contribution is 2.17. The third-order valence-corrected chi connectivity index (χ3v) is 2.78. The Hall–Kier alpha value is -2.00. The molecule has 0 bridgehead atoms. The monoisotopic (exact) mass is 286 g/mol. The first-order chi connectivity index (χ1) is 9.58. The second kappa shape index (κ2) is 7.56. The van der Waals surface area contributed by atoms with Crippen molar-refractivity contribution >= 4 is 23.4 Å². The molecular weight excluding hydrogens is 268 g/mol. The van der Waals surface area contributed by atoms with Crippen LogP contribution < -0.4 is 11.2 Å². The number of ether oxygens (including phenoxy) is 2. The van der Waals surface area contributed by atoms with Gasteiger partial charge in [-0.25, -0.2) is 0 Å². The largest absolute Gasteiger partial charge is 0.383 e. The second-order valence-electron chi connectivity index (χ2n) is 4.02. The second-order valence-corrected chi connectivity index (χ2v) is 4.02. The number of hydrogen-bond donors (Lipinski definition) is 2. The lowest BCUT2D eigenvalue weighted by molar-refractivity contribution is -0.141. The number of amides is 3. The van der Waals surface area contributed by atoms with Gasteiger partial charge in [0.25, 0.3) is 5.91 Å². The van der Waals surface area contributed by atoms with Crippen molar-refractivity contribution in [2.45, 2.75) is 0 Å². The smallest absolute Gasteiger partial charge is 0.278 e. The molecule has 1 rings (SSSR count). The van der Waals surface area contributed by atoms with Gasteiger partial charge in [-0.2, -0.15) is 5.10 Å². The van der Waals surface area contributed by atoms with E-state index in [1.807, 2.05) is 0 Å². The van der Waals surface area contributed by atoms with Gasteiger partial charge in [-0.3, -0.25) is 19.3 Å². The van der Waals surface area contributed by atoms with Gasteiger partial charge < -0.3 is 20.6 Å². The molecule has 0 radical (unpaired) electrons. The van der Waals surface area contributed by atoms with E-state index in [2.05, 4.69) is 10.4 Å². The summed E-state index contributed by atoms with van der Waals surface area (Å²) >= 11 is 0. The first-order valence-corrected chi connectivity index (χ1v) is 5.97. The summed E-state index contributed by atoms with van der Waals surface area (Å²) in [7, 11) is 2.92. The Labute approximate surface area is 116 Å². The summed E-state index contributed by atoms with van der Waals surface area (Å²) in [5.41, 5.74) is -0.263. The number of nitrogens with two attached hydrogens (primary N) is 1. The Morgan fingerprint density at radius 1 is 1.35 bits per heavy atom. The molecule has 0 aromatic rings. The molecule has 0 unspecified atom stereocenters. The Morgan fingerprint density at radius 3 is 2.55 bits per heavy atom. The standard InChI is InChI=1S/C11H18N4O5/c1-19-5-3-13-9(16)7-8(14-12)11(18)15(10(7)17)4-6-20-2/h7H,3-6,12H2,1-2H3,(H,13,16)/b14-8-/t7-/m0/s1. The third kappa shape index (κ3) is 3.31. The summed E-state index contributed by atoms with van der Waals surface area (Å²) in [5.74, 6) is 1.87. The van der Waals surface area contributed by atoms with Crippen LogP contribution in [0.4, 0.5) is 0 Å². The molecule has 112 valence electrons. The number of likely N-dealkylation sites (tertiary alicyclic amines) is 1. The molecule has 1 heterocycles. The normalized spacial score (nSPS) is 20.8. The predicted octanol–water partition coefficient (Wildman–Crippen LogP) is -2.30. The van der Waals surface area contributed by atoms with E-state index in [0.717, 1.165) is 4.90 Å². The van der Waals surface area contributed by atoms with Crippen molar-refractivity contribution in [1.29, 1.82) is 0 Å². The zero-order valence-corrected chi connectivity index (χ0v) is 11.4. The lowest BCUT2D eigenvalue weighted by Gasteiger charge is -2.13. The topological polar surface area (TPSA) is 123 Å². The zero-order chi connectivity index (χ0) is 15.1. The van der Waals surface area contributed by atoms with E-state index in [9.17, 15) is 14.4 Å². The summed E-state index contributed by atoms with van der Waals surface area (Å²) in [6.07, 6.45) is 0. The van der Waals surface area contributed by atoms with E-state index in [-0.39, 0.29) is 25.4 Å². The highest BCUT2D eigenvalue weighted by Gasteiger charge is 2.48. The van der Waals surface area contributed by atoms with Crippen LogP contribution in [0, 0.1) is 5.92 Å². The van der Waals surface area contributed by atoms with Crippen molar-refractivity contribution in [3.8, 4) is 0 Å². The van der Waals surface area contributed by atoms with Crippen LogP contribution >= 0.6 is 0 Å². The summed E-state index contributed by atoms with van der Waals surface area (Å²) in [6, 6.07) is 0. The van der Waals surface area contributed by atoms with E-state index >= 15 is 0 Å². The molecule has 20 heavy (non-hydrogen) atoms. The molecule has 0 spiro atoms. The lowest BCUT2D eigenvalue weighted by atomic mass is 10.1. The van der Waals surface area contributed by atoms with Crippen LogP contribution in [0.3, 0.4) is 0 Å². The SMILES string of the molecule is COCCNC(=O)[C@H]1C(=O)N(CCOC)C(=O)/C1=N\N. The van der Waals surface area contributed by atoms with Gasteiger partial charge in [0.2, 0.25) is 11.8 Å². The van der Waals surface area contributed by atoms with Crippen molar-refractivity contribution < 1.29 is 23.9 Å². The number of nitrogens with zero attached hydrogens (tertiary/aromatic N) is 2. The number of hydrazone groups is 1. The number of nitrogens with one attached hydrogen (secondary N) is 1. The maximum Gasteiger partial charge on any atom is 0.278 e. The maximum atomic E-state index is 12.1. The van der Waals surface area contributed by atoms with Gasteiger partial charge in [-0.15, -0.1) is 0 Å². The van der Waals surface area contributed by atoms with Crippen LogP contribution in [0.1, 0.15) is 0 Å². The summed E-state index contributed by atoms with van der Waals surface area (Å²) < 4.78 is 9.59. The molecule has 1 fully saturated rings. The van der Waals surface area contributed by atoms with Crippen molar-refractivity contribution in [3.05, 3.63) is 0 Å². The minimum absolute atomic E-state index is 0.0506. The van der Waals surface area contributed by atoms with Crippen LogP contribution in [-0.2, 0) is 23.9 Å². The van der Waals surface area contributed by atoms with E-state index < -0.39 is 23.6 Å². The van der Waals surface area contributed by atoms with Gasteiger partial charge in [-0.05, 0) is 0 Å². The highest BCUT2D eigenvalue weighted by molar-refractivity contribution is 6.54. The molecule has 0 aliphatic carbocycles. The van der Waals surface area contributed by atoms with Gasteiger partial charge in [0.15, 0.2) is 5.92 Å². The maximum absolute atomic E-state index is 12.1. The average Bonchev–Trinajstić information content (AvgIpc) is 2.67. The number of carbonyl (C=O) groups is 3. The predicted molar refractivity (Wildman–Crippen MR) is 68.6 cm³/mol. The third-order valence-electron chi connectivity index (χ3n) is 2.78. The zero-order valence-electron chi connectivity index (χ0n) is 11.4. The lowest BCUT2D eigenvalue weighted by Crippen LogP contribution is -2.40. The molecule has 3 N–H and O–H groups in total. The molecular formula is C11H18N4O5. The molecule has 1 aliphatic heterocycles. The summed E-state index contributed by atoms with van der Waals surface area (Å²) in [4.78, 5) is 36.9. The van der Waals surface area contributed by atoms with Gasteiger partial charge in [0.05, 0.1) is 19.8 Å². The highest BCUT2D eigenvalue weighted by atomic mass is 16.5. The first-order valence-electron chi connectivity index (χ1n) is 5.97. The van der Waals surface area contributed by atoms with E-state index in [1.54, 1.807) is 0 Å². The molecule has 1 aliphatic rings. The molecule has 9 heteroatoms. The minimum atomic E-state index is -1.30. The Bertz CT molecular complexity index is 423. The van der Waals surface area contributed by atoms with Gasteiger partial charge in [-0.1, -0.05) is 0 Å². The molecule has 1 atom stereocenters. The van der Waals surface area contributed by atoms with Gasteiger partial charge >= 0.3 is 0 Å².